The fourth-order valence-corrected chi connectivity index (χ4v) is 9.55. The summed E-state index contributed by atoms with van der Waals surface area (Å²) in [4.78, 5) is 0. The Balaban J connectivity index is 1.50. The Bertz CT molecular complexity index is 902. The van der Waals surface area contributed by atoms with Crippen molar-refractivity contribution in [1.29, 1.82) is 0 Å². The number of fused-ring (bicyclic) bond motifs is 5. The van der Waals surface area contributed by atoms with Crippen molar-refractivity contribution >= 4 is 20.8 Å². The zero-order valence-corrected chi connectivity index (χ0v) is 20.1. The van der Waals surface area contributed by atoms with E-state index in [-0.39, 0.29) is 16.7 Å². The van der Waals surface area contributed by atoms with Gasteiger partial charge in [0.1, 0.15) is 0 Å². The fourth-order valence-electron chi connectivity index (χ4n) is 8.54. The molecule has 4 fully saturated rings. The molecule has 0 radical (unpaired) electrons. The molecule has 0 amide bonds. The van der Waals surface area contributed by atoms with Gasteiger partial charge in [-0.2, -0.15) is 0 Å². The summed E-state index contributed by atoms with van der Waals surface area (Å²) in [7, 11) is -9.40. The Kier molecular flexibility index (Phi) is 6.09. The lowest BCUT2D eigenvalue weighted by Crippen LogP contribution is -2.54. The molecule has 4 aliphatic carbocycles. The van der Waals surface area contributed by atoms with E-state index in [0.717, 1.165) is 44.9 Å². The Labute approximate surface area is 186 Å². The Morgan fingerprint density at radius 2 is 1.48 bits per heavy atom. The molecule has 9 atom stereocenters. The lowest BCUT2D eigenvalue weighted by Gasteiger charge is -2.61. The van der Waals surface area contributed by atoms with Gasteiger partial charge in [-0.1, -0.05) is 13.8 Å². The standard InChI is InChI=1S/C21H36O8S2/c1-13(28-30(22,23)24)17-6-7-18-16-5-4-14-12-15(29-31(25,26)27)8-10-20(14,2)19(16)9-11-21(17,18)3/h13-19H,4-12H2,1-3H3,(H,22,23,24)(H,25,26,27)/p-2/t13-,14-,15-,16-,17+,18-,19-,20-,21+/m0/s1. The van der Waals surface area contributed by atoms with Crippen LogP contribution in [0, 0.1) is 40.4 Å². The van der Waals surface area contributed by atoms with E-state index in [0.29, 0.717) is 36.5 Å². The van der Waals surface area contributed by atoms with Crippen molar-refractivity contribution < 1.29 is 34.3 Å². The van der Waals surface area contributed by atoms with Gasteiger partial charge in [0.2, 0.25) is 20.8 Å². The molecule has 0 aromatic rings. The molecule has 0 saturated heterocycles. The third kappa shape index (κ3) is 4.45. The molecule has 4 aliphatic rings. The van der Waals surface area contributed by atoms with Crippen molar-refractivity contribution in [2.45, 2.75) is 90.8 Å². The van der Waals surface area contributed by atoms with Gasteiger partial charge in [0.25, 0.3) is 0 Å². The molecule has 0 heterocycles. The fraction of sp³-hybridized carbons (Fsp3) is 1.00. The highest BCUT2D eigenvalue weighted by molar-refractivity contribution is 7.81. The first kappa shape index (κ1) is 23.9. The van der Waals surface area contributed by atoms with Crippen molar-refractivity contribution in [3.05, 3.63) is 0 Å². The Morgan fingerprint density at radius 1 is 0.839 bits per heavy atom. The van der Waals surface area contributed by atoms with Crippen LogP contribution in [0.3, 0.4) is 0 Å². The summed E-state index contributed by atoms with van der Waals surface area (Å²) in [6, 6.07) is 0. The van der Waals surface area contributed by atoms with Crippen LogP contribution in [0.4, 0.5) is 0 Å². The zero-order chi connectivity index (χ0) is 22.8. The van der Waals surface area contributed by atoms with Crippen molar-refractivity contribution in [2.24, 2.45) is 40.4 Å². The molecule has 8 nitrogen and oxygen atoms in total. The van der Waals surface area contributed by atoms with E-state index >= 15 is 0 Å². The molecule has 31 heavy (non-hydrogen) atoms. The Hall–Kier alpha value is -0.260. The van der Waals surface area contributed by atoms with Gasteiger partial charge in [0.15, 0.2) is 0 Å². The van der Waals surface area contributed by atoms with E-state index in [1.165, 1.54) is 0 Å². The summed E-state index contributed by atoms with van der Waals surface area (Å²) in [5.74, 6) is 1.96. The number of rotatable bonds is 5. The van der Waals surface area contributed by atoms with Gasteiger partial charge in [-0.25, -0.2) is 16.8 Å². The second-order valence-electron chi connectivity index (χ2n) is 11.0. The minimum atomic E-state index is -4.72. The van der Waals surface area contributed by atoms with Crippen molar-refractivity contribution in [3.63, 3.8) is 0 Å². The molecule has 4 rings (SSSR count). The molecule has 4 saturated carbocycles. The molecule has 0 bridgehead atoms. The summed E-state index contributed by atoms with van der Waals surface area (Å²) in [6.45, 7) is 6.30. The van der Waals surface area contributed by atoms with Gasteiger partial charge < -0.3 is 9.11 Å². The van der Waals surface area contributed by atoms with Crippen LogP contribution in [0.2, 0.25) is 0 Å². The summed E-state index contributed by atoms with van der Waals surface area (Å²) < 4.78 is 76.3. The van der Waals surface area contributed by atoms with E-state index in [1.54, 1.807) is 6.92 Å². The van der Waals surface area contributed by atoms with Crippen LogP contribution in [-0.2, 0) is 29.2 Å². The molecule has 0 aromatic carbocycles. The van der Waals surface area contributed by atoms with E-state index in [9.17, 15) is 25.9 Å². The normalized spacial score (nSPS) is 46.6. The predicted molar refractivity (Wildman–Crippen MR) is 110 cm³/mol. The minimum Gasteiger partial charge on any atom is -0.726 e. The monoisotopic (exact) mass is 478 g/mol. The molecule has 0 aliphatic heterocycles. The van der Waals surface area contributed by atoms with E-state index < -0.39 is 33.0 Å². The van der Waals surface area contributed by atoms with Crippen LogP contribution in [0.25, 0.3) is 0 Å². The summed E-state index contributed by atoms with van der Waals surface area (Å²) in [5, 5.41) is 0. The van der Waals surface area contributed by atoms with Crippen LogP contribution < -0.4 is 0 Å². The van der Waals surface area contributed by atoms with Crippen LogP contribution in [0.1, 0.15) is 78.6 Å². The minimum absolute atomic E-state index is 0.0363. The SMILES string of the molecule is C[C@H](OS(=O)(=O)[O-])[C@H]1CC[C@H]2[C@@H]3CC[C@H]4C[C@@H](OS(=O)(=O)[O-])CC[C@]4(C)[C@H]3CC[C@]12C. The van der Waals surface area contributed by atoms with E-state index in [4.69, 9.17) is 8.37 Å². The molecule has 180 valence electrons. The maximum absolute atomic E-state index is 11.2. The van der Waals surface area contributed by atoms with Crippen LogP contribution >= 0.6 is 0 Å². The van der Waals surface area contributed by atoms with Crippen molar-refractivity contribution in [2.75, 3.05) is 0 Å². The summed E-state index contributed by atoms with van der Waals surface area (Å²) in [6.07, 6.45) is 6.94. The van der Waals surface area contributed by atoms with Gasteiger partial charge >= 0.3 is 0 Å². The summed E-state index contributed by atoms with van der Waals surface area (Å²) >= 11 is 0. The van der Waals surface area contributed by atoms with Gasteiger partial charge in [-0.05, 0) is 105 Å². The number of hydrogen-bond acceptors (Lipinski definition) is 8. The lowest BCUT2D eigenvalue weighted by molar-refractivity contribution is -0.129. The van der Waals surface area contributed by atoms with Gasteiger partial charge in [-0.15, -0.1) is 0 Å². The van der Waals surface area contributed by atoms with E-state index in [1.807, 2.05) is 0 Å². The van der Waals surface area contributed by atoms with Crippen molar-refractivity contribution in [1.82, 2.24) is 0 Å². The molecule has 0 spiro atoms. The zero-order valence-electron chi connectivity index (χ0n) is 18.5. The first-order valence-corrected chi connectivity index (χ1v) is 14.2. The maximum atomic E-state index is 11.2. The second-order valence-corrected chi connectivity index (χ2v) is 13.0. The predicted octanol–water partition coefficient (Wildman–Crippen LogP) is 3.36. The van der Waals surface area contributed by atoms with Crippen LogP contribution in [-0.4, -0.2) is 38.1 Å². The summed E-state index contributed by atoms with van der Waals surface area (Å²) in [5.41, 5.74) is 0.0702. The van der Waals surface area contributed by atoms with Gasteiger partial charge in [-0.3, -0.25) is 8.37 Å². The molecule has 0 aromatic heterocycles. The molecule has 0 unspecified atom stereocenters. The van der Waals surface area contributed by atoms with Crippen LogP contribution in [0.5, 0.6) is 0 Å². The van der Waals surface area contributed by atoms with E-state index in [2.05, 4.69) is 13.8 Å². The Morgan fingerprint density at radius 3 is 2.13 bits per heavy atom. The third-order valence-electron chi connectivity index (χ3n) is 9.78. The van der Waals surface area contributed by atoms with Crippen LogP contribution in [0.15, 0.2) is 0 Å². The molecular weight excluding hydrogens is 444 g/mol. The highest BCUT2D eigenvalue weighted by Gasteiger charge is 2.61. The molecule has 10 heteroatoms. The first-order valence-electron chi connectivity index (χ1n) is 11.5. The highest BCUT2D eigenvalue weighted by Crippen LogP contribution is 2.68. The maximum Gasteiger partial charge on any atom is 0.217 e. The number of hydrogen-bond donors (Lipinski definition) is 0. The average molecular weight is 479 g/mol. The van der Waals surface area contributed by atoms with Crippen molar-refractivity contribution in [3.8, 4) is 0 Å². The first-order chi connectivity index (χ1) is 14.2. The molecular formula is C21H34O8S2-2. The van der Waals surface area contributed by atoms with Gasteiger partial charge in [0, 0.05) is 0 Å². The third-order valence-corrected chi connectivity index (χ3v) is 10.8. The smallest absolute Gasteiger partial charge is 0.217 e. The lowest BCUT2D eigenvalue weighted by atomic mass is 9.44. The molecule has 0 N–H and O–H groups in total. The topological polar surface area (TPSA) is 133 Å². The highest BCUT2D eigenvalue weighted by atomic mass is 32.3. The average Bonchev–Trinajstić information content (AvgIpc) is 2.97. The largest absolute Gasteiger partial charge is 0.726 e. The second kappa shape index (κ2) is 7.91. The van der Waals surface area contributed by atoms with Gasteiger partial charge in [0.05, 0.1) is 12.2 Å². The quantitative estimate of drug-likeness (QED) is 0.434.